The number of hydrogen-bond donors (Lipinski definition) is 1. The molecular weight excluding hydrogens is 168 g/mol. The minimum Gasteiger partial charge on any atom is -0.481 e. The molecule has 1 saturated carbocycles. The van der Waals surface area contributed by atoms with Crippen LogP contribution < -0.4 is 0 Å². The molecule has 0 atom stereocenters. The molecule has 13 heavy (non-hydrogen) atoms. The summed E-state index contributed by atoms with van der Waals surface area (Å²) in [5.41, 5.74) is -0.199. The molecule has 1 fully saturated rings. The van der Waals surface area contributed by atoms with E-state index in [-0.39, 0.29) is 11.8 Å². The Morgan fingerprint density at radius 2 is 2.38 bits per heavy atom. The number of hydrogen-bond acceptors (Lipinski definition) is 2. The van der Waals surface area contributed by atoms with E-state index in [4.69, 9.17) is 9.52 Å². The highest BCUT2D eigenvalue weighted by Gasteiger charge is 2.42. The van der Waals surface area contributed by atoms with Crippen molar-refractivity contribution in [3.63, 3.8) is 0 Å². The smallest absolute Gasteiger partial charge is 0.304 e. The van der Waals surface area contributed by atoms with Crippen molar-refractivity contribution in [3.8, 4) is 0 Å². The van der Waals surface area contributed by atoms with Gasteiger partial charge in [-0.2, -0.15) is 0 Å². The SMILES string of the molecule is O=C(O)CC1(c2ccco2)CCC1. The van der Waals surface area contributed by atoms with Gasteiger partial charge in [-0.25, -0.2) is 0 Å². The van der Waals surface area contributed by atoms with E-state index in [0.717, 1.165) is 25.0 Å². The van der Waals surface area contributed by atoms with E-state index in [1.165, 1.54) is 0 Å². The summed E-state index contributed by atoms with van der Waals surface area (Å²) in [6.07, 6.45) is 4.78. The van der Waals surface area contributed by atoms with Gasteiger partial charge in [-0.1, -0.05) is 6.42 Å². The van der Waals surface area contributed by atoms with Crippen LogP contribution >= 0.6 is 0 Å². The summed E-state index contributed by atoms with van der Waals surface area (Å²) in [5, 5.41) is 8.77. The van der Waals surface area contributed by atoms with E-state index in [2.05, 4.69) is 0 Å². The zero-order chi connectivity index (χ0) is 9.31. The highest BCUT2D eigenvalue weighted by Crippen LogP contribution is 2.46. The van der Waals surface area contributed by atoms with Gasteiger partial charge >= 0.3 is 5.97 Å². The van der Waals surface area contributed by atoms with E-state index in [0.29, 0.717) is 0 Å². The molecule has 1 heterocycles. The normalized spacial score (nSPS) is 19.4. The first-order valence-corrected chi connectivity index (χ1v) is 4.49. The number of carboxylic acid groups (broad SMARTS) is 1. The van der Waals surface area contributed by atoms with E-state index < -0.39 is 5.97 Å². The number of carbonyl (C=O) groups is 1. The van der Waals surface area contributed by atoms with Crippen LogP contribution in [-0.2, 0) is 10.2 Å². The maximum Gasteiger partial charge on any atom is 0.304 e. The van der Waals surface area contributed by atoms with Gasteiger partial charge in [-0.3, -0.25) is 4.79 Å². The zero-order valence-electron chi connectivity index (χ0n) is 7.32. The highest BCUT2D eigenvalue weighted by atomic mass is 16.4. The van der Waals surface area contributed by atoms with Gasteiger partial charge in [0.1, 0.15) is 5.76 Å². The summed E-state index contributed by atoms with van der Waals surface area (Å²) in [5.74, 6) is 0.0947. The van der Waals surface area contributed by atoms with Crippen LogP contribution in [0.5, 0.6) is 0 Å². The van der Waals surface area contributed by atoms with Crippen LogP contribution in [-0.4, -0.2) is 11.1 Å². The summed E-state index contributed by atoms with van der Waals surface area (Å²) in [7, 11) is 0. The molecule has 0 amide bonds. The van der Waals surface area contributed by atoms with Crippen molar-refractivity contribution in [3.05, 3.63) is 24.2 Å². The predicted octanol–water partition coefficient (Wildman–Crippen LogP) is 2.18. The average molecular weight is 180 g/mol. The third-order valence-electron chi connectivity index (χ3n) is 2.84. The van der Waals surface area contributed by atoms with Gasteiger partial charge in [0, 0.05) is 5.41 Å². The van der Waals surface area contributed by atoms with Gasteiger partial charge in [0.15, 0.2) is 0 Å². The molecular formula is C10H12O3. The molecule has 0 unspecified atom stereocenters. The Bertz CT molecular complexity index is 296. The van der Waals surface area contributed by atoms with Gasteiger partial charge in [-0.15, -0.1) is 0 Å². The Hall–Kier alpha value is -1.25. The zero-order valence-corrected chi connectivity index (χ0v) is 7.32. The molecule has 2 rings (SSSR count). The first-order valence-electron chi connectivity index (χ1n) is 4.49. The summed E-state index contributed by atoms with van der Waals surface area (Å²) in [6, 6.07) is 3.69. The molecule has 70 valence electrons. The number of rotatable bonds is 3. The lowest BCUT2D eigenvalue weighted by atomic mass is 9.65. The van der Waals surface area contributed by atoms with Gasteiger partial charge in [0.2, 0.25) is 0 Å². The second kappa shape index (κ2) is 2.91. The number of furan rings is 1. The molecule has 1 aliphatic rings. The largest absolute Gasteiger partial charge is 0.481 e. The van der Waals surface area contributed by atoms with E-state index in [1.807, 2.05) is 12.1 Å². The van der Waals surface area contributed by atoms with E-state index in [1.54, 1.807) is 6.26 Å². The first-order chi connectivity index (χ1) is 6.23. The fourth-order valence-corrected chi connectivity index (χ4v) is 1.98. The minimum atomic E-state index is -0.740. The van der Waals surface area contributed by atoms with Gasteiger partial charge in [-0.05, 0) is 25.0 Å². The van der Waals surface area contributed by atoms with Crippen LogP contribution in [0.4, 0.5) is 0 Å². The maximum atomic E-state index is 10.7. The molecule has 0 spiro atoms. The maximum absolute atomic E-state index is 10.7. The minimum absolute atomic E-state index is 0.195. The van der Waals surface area contributed by atoms with Gasteiger partial charge in [0.05, 0.1) is 12.7 Å². The van der Waals surface area contributed by atoms with E-state index in [9.17, 15) is 4.79 Å². The van der Waals surface area contributed by atoms with Crippen molar-refractivity contribution >= 4 is 5.97 Å². The Morgan fingerprint density at radius 3 is 2.77 bits per heavy atom. The average Bonchev–Trinajstić information content (AvgIpc) is 2.48. The number of aliphatic carboxylic acids is 1. The standard InChI is InChI=1S/C10H12O3/c11-9(12)7-10(4-2-5-10)8-3-1-6-13-8/h1,3,6H,2,4-5,7H2,(H,11,12). The molecule has 3 nitrogen and oxygen atoms in total. The van der Waals surface area contributed by atoms with Crippen molar-refractivity contribution in [2.45, 2.75) is 31.1 Å². The Kier molecular flexibility index (Phi) is 1.87. The summed E-state index contributed by atoms with van der Waals surface area (Å²) in [4.78, 5) is 10.7. The van der Waals surface area contributed by atoms with Crippen LogP contribution in [0, 0.1) is 0 Å². The second-order valence-electron chi connectivity index (χ2n) is 3.68. The van der Waals surface area contributed by atoms with Crippen LogP contribution in [0.1, 0.15) is 31.4 Å². The molecule has 0 saturated heterocycles. The van der Waals surface area contributed by atoms with Crippen molar-refractivity contribution in [1.29, 1.82) is 0 Å². The fraction of sp³-hybridized carbons (Fsp3) is 0.500. The molecule has 0 aliphatic heterocycles. The molecule has 0 aromatic carbocycles. The van der Waals surface area contributed by atoms with Crippen LogP contribution in [0.2, 0.25) is 0 Å². The fourth-order valence-electron chi connectivity index (χ4n) is 1.98. The van der Waals surface area contributed by atoms with Crippen molar-refractivity contribution in [2.24, 2.45) is 0 Å². The molecule has 1 aliphatic carbocycles. The number of carboxylic acids is 1. The monoisotopic (exact) mass is 180 g/mol. The summed E-state index contributed by atoms with van der Waals surface area (Å²) in [6.45, 7) is 0. The Morgan fingerprint density at radius 1 is 1.62 bits per heavy atom. The van der Waals surface area contributed by atoms with Crippen LogP contribution in [0.15, 0.2) is 22.8 Å². The summed E-state index contributed by atoms with van der Waals surface area (Å²) >= 11 is 0. The lowest BCUT2D eigenvalue weighted by Crippen LogP contribution is -2.36. The Balaban J connectivity index is 2.20. The van der Waals surface area contributed by atoms with Crippen LogP contribution in [0.25, 0.3) is 0 Å². The molecule has 3 heteroatoms. The third kappa shape index (κ3) is 1.34. The van der Waals surface area contributed by atoms with Crippen molar-refractivity contribution in [2.75, 3.05) is 0 Å². The topological polar surface area (TPSA) is 50.4 Å². The molecule has 1 aromatic heterocycles. The molecule has 1 N–H and O–H groups in total. The van der Waals surface area contributed by atoms with Crippen molar-refractivity contribution < 1.29 is 14.3 Å². The van der Waals surface area contributed by atoms with Gasteiger partial charge in [0.25, 0.3) is 0 Å². The van der Waals surface area contributed by atoms with Gasteiger partial charge < -0.3 is 9.52 Å². The Labute approximate surface area is 76.4 Å². The summed E-state index contributed by atoms with van der Waals surface area (Å²) < 4.78 is 5.28. The lowest BCUT2D eigenvalue weighted by Gasteiger charge is -2.38. The first kappa shape index (κ1) is 8.35. The predicted molar refractivity (Wildman–Crippen MR) is 46.5 cm³/mol. The van der Waals surface area contributed by atoms with E-state index >= 15 is 0 Å². The molecule has 0 bridgehead atoms. The van der Waals surface area contributed by atoms with Crippen LogP contribution in [0.3, 0.4) is 0 Å². The third-order valence-corrected chi connectivity index (χ3v) is 2.84. The molecule has 0 radical (unpaired) electrons. The van der Waals surface area contributed by atoms with Crippen molar-refractivity contribution in [1.82, 2.24) is 0 Å². The lowest BCUT2D eigenvalue weighted by molar-refractivity contribution is -0.139. The highest BCUT2D eigenvalue weighted by molar-refractivity contribution is 5.69. The molecule has 1 aromatic rings. The second-order valence-corrected chi connectivity index (χ2v) is 3.68. The quantitative estimate of drug-likeness (QED) is 0.775.